The summed E-state index contributed by atoms with van der Waals surface area (Å²) in [6.45, 7) is 6.21. The van der Waals surface area contributed by atoms with Crippen molar-refractivity contribution < 1.29 is 8.42 Å². The molecule has 0 amide bonds. The van der Waals surface area contributed by atoms with E-state index in [-0.39, 0.29) is 0 Å². The van der Waals surface area contributed by atoms with Gasteiger partial charge in [0.1, 0.15) is 0 Å². The van der Waals surface area contributed by atoms with Crippen LogP contribution in [-0.4, -0.2) is 50.7 Å². The first-order valence-corrected chi connectivity index (χ1v) is 11.9. The molecule has 2 aromatic rings. The lowest BCUT2D eigenvalue weighted by Gasteiger charge is -2.21. The molecule has 0 atom stereocenters. The fourth-order valence-corrected chi connectivity index (χ4v) is 5.25. The van der Waals surface area contributed by atoms with Gasteiger partial charge >= 0.3 is 0 Å². The van der Waals surface area contributed by atoms with Crippen LogP contribution in [-0.2, 0) is 22.9 Å². The normalized spacial score (nSPS) is 17.5. The fraction of sp³-hybridized carbons (Fsp3) is 0.444. The van der Waals surface area contributed by atoms with Gasteiger partial charge in [0.25, 0.3) is 0 Å². The molecule has 0 bridgehead atoms. The second-order valence-electron chi connectivity index (χ2n) is 6.53. The quantitative estimate of drug-likeness (QED) is 0.708. The molecule has 25 heavy (non-hydrogen) atoms. The van der Waals surface area contributed by atoms with E-state index in [1.807, 2.05) is 23.5 Å². The Labute approximate surface area is 162 Å². The van der Waals surface area contributed by atoms with Gasteiger partial charge in [-0.3, -0.25) is 9.80 Å². The summed E-state index contributed by atoms with van der Waals surface area (Å²) < 4.78 is 24.3. The summed E-state index contributed by atoms with van der Waals surface area (Å²) in [5, 5.41) is 0. The highest BCUT2D eigenvalue weighted by atomic mass is 79.9. The highest BCUT2D eigenvalue weighted by molar-refractivity contribution is 9.11. The lowest BCUT2D eigenvalue weighted by Crippen LogP contribution is -2.30. The Morgan fingerprint density at radius 3 is 2.16 bits per heavy atom. The Morgan fingerprint density at radius 1 is 0.960 bits per heavy atom. The van der Waals surface area contributed by atoms with Gasteiger partial charge in [-0.05, 0) is 65.3 Å². The summed E-state index contributed by atoms with van der Waals surface area (Å²) in [5.74, 6) is 0. The zero-order valence-corrected chi connectivity index (χ0v) is 17.5. The van der Waals surface area contributed by atoms with Crippen LogP contribution in [0.25, 0.3) is 0 Å². The van der Waals surface area contributed by atoms with Crippen molar-refractivity contribution in [3.8, 4) is 0 Å². The molecule has 1 aliphatic rings. The van der Waals surface area contributed by atoms with E-state index in [2.05, 4.69) is 37.9 Å². The van der Waals surface area contributed by atoms with Crippen molar-refractivity contribution in [2.45, 2.75) is 24.4 Å². The van der Waals surface area contributed by atoms with E-state index in [0.29, 0.717) is 4.90 Å². The number of thiophene rings is 1. The first kappa shape index (κ1) is 19.0. The highest BCUT2D eigenvalue weighted by Crippen LogP contribution is 2.23. The second kappa shape index (κ2) is 8.31. The van der Waals surface area contributed by atoms with Gasteiger partial charge in [0.15, 0.2) is 9.84 Å². The standard InChI is InChI=1S/C18H23BrN2O2S2/c1-25(22,23)17-6-3-15(4-7-17)13-20-9-2-10-21(12-11-20)14-16-5-8-18(19)24-16/h3-8H,2,9-14H2,1H3. The number of nitrogens with zero attached hydrogens (tertiary/aromatic N) is 2. The molecule has 136 valence electrons. The maximum atomic E-state index is 11.5. The average molecular weight is 443 g/mol. The number of hydrogen-bond donors (Lipinski definition) is 0. The minimum absolute atomic E-state index is 0.389. The molecule has 4 nitrogen and oxygen atoms in total. The van der Waals surface area contributed by atoms with Crippen LogP contribution in [0.1, 0.15) is 16.9 Å². The van der Waals surface area contributed by atoms with Gasteiger partial charge < -0.3 is 0 Å². The molecule has 1 aliphatic heterocycles. The van der Waals surface area contributed by atoms with Crippen LogP contribution in [0, 0.1) is 0 Å². The van der Waals surface area contributed by atoms with Crippen LogP contribution >= 0.6 is 27.3 Å². The Morgan fingerprint density at radius 2 is 1.60 bits per heavy atom. The van der Waals surface area contributed by atoms with E-state index >= 15 is 0 Å². The van der Waals surface area contributed by atoms with Gasteiger partial charge in [-0.2, -0.15) is 0 Å². The van der Waals surface area contributed by atoms with Crippen LogP contribution in [0.3, 0.4) is 0 Å². The second-order valence-corrected chi connectivity index (χ2v) is 11.1. The number of sulfone groups is 1. The van der Waals surface area contributed by atoms with Crippen molar-refractivity contribution in [1.29, 1.82) is 0 Å². The van der Waals surface area contributed by atoms with Gasteiger partial charge in [0, 0.05) is 37.3 Å². The number of benzene rings is 1. The van der Waals surface area contributed by atoms with Gasteiger partial charge in [0.2, 0.25) is 0 Å². The Hall–Kier alpha value is -0.730. The zero-order valence-electron chi connectivity index (χ0n) is 14.3. The van der Waals surface area contributed by atoms with Gasteiger partial charge in [0.05, 0.1) is 8.68 Å². The summed E-state index contributed by atoms with van der Waals surface area (Å²) >= 11 is 5.34. The first-order valence-electron chi connectivity index (χ1n) is 8.38. The third kappa shape index (κ3) is 5.62. The Kier molecular flexibility index (Phi) is 6.33. The summed E-state index contributed by atoms with van der Waals surface area (Å²) in [6.07, 6.45) is 2.41. The number of halogens is 1. The predicted molar refractivity (Wildman–Crippen MR) is 107 cm³/mol. The van der Waals surface area contributed by atoms with Crippen LogP contribution in [0.15, 0.2) is 45.1 Å². The molecule has 3 rings (SSSR count). The van der Waals surface area contributed by atoms with Crippen LogP contribution in [0.5, 0.6) is 0 Å². The van der Waals surface area contributed by atoms with Gasteiger partial charge in [-0.1, -0.05) is 12.1 Å². The molecule has 7 heteroatoms. The maximum absolute atomic E-state index is 11.5. The molecule has 2 heterocycles. The molecule has 0 unspecified atom stereocenters. The molecule has 0 saturated carbocycles. The lowest BCUT2D eigenvalue weighted by molar-refractivity contribution is 0.248. The van der Waals surface area contributed by atoms with Crippen LogP contribution < -0.4 is 0 Å². The SMILES string of the molecule is CS(=O)(=O)c1ccc(CN2CCCN(Cc3ccc(Br)s3)CC2)cc1. The van der Waals surface area contributed by atoms with Gasteiger partial charge in [-0.15, -0.1) is 11.3 Å². The largest absolute Gasteiger partial charge is 0.298 e. The van der Waals surface area contributed by atoms with E-state index in [1.165, 1.54) is 20.5 Å². The molecule has 1 aromatic carbocycles. The summed E-state index contributed by atoms with van der Waals surface area (Å²) in [7, 11) is -3.12. The fourth-order valence-electron chi connectivity index (χ4n) is 3.10. The van der Waals surface area contributed by atoms with Crippen LogP contribution in [0.4, 0.5) is 0 Å². The summed E-state index contributed by atoms with van der Waals surface area (Å²) in [6, 6.07) is 11.6. The minimum Gasteiger partial charge on any atom is -0.298 e. The molecular formula is C18H23BrN2O2S2. The highest BCUT2D eigenvalue weighted by Gasteiger charge is 2.16. The molecule has 1 fully saturated rings. The molecule has 1 aromatic heterocycles. The van der Waals surface area contributed by atoms with Crippen molar-refractivity contribution >= 4 is 37.1 Å². The monoisotopic (exact) mass is 442 g/mol. The smallest absolute Gasteiger partial charge is 0.175 e. The van der Waals surface area contributed by atoms with Crippen molar-refractivity contribution in [2.75, 3.05) is 32.4 Å². The van der Waals surface area contributed by atoms with Crippen molar-refractivity contribution in [2.24, 2.45) is 0 Å². The van der Waals surface area contributed by atoms with Crippen molar-refractivity contribution in [3.05, 3.63) is 50.6 Å². The number of rotatable bonds is 5. The predicted octanol–water partition coefficient (Wildman–Crippen LogP) is 3.62. The first-order chi connectivity index (χ1) is 11.9. The lowest BCUT2D eigenvalue weighted by atomic mass is 10.2. The summed E-state index contributed by atoms with van der Waals surface area (Å²) in [4.78, 5) is 6.77. The van der Waals surface area contributed by atoms with Gasteiger partial charge in [-0.25, -0.2) is 8.42 Å². The maximum Gasteiger partial charge on any atom is 0.175 e. The Bertz CT molecular complexity index is 803. The third-order valence-corrected chi connectivity index (χ3v) is 7.18. The van der Waals surface area contributed by atoms with E-state index in [4.69, 9.17) is 0 Å². The van der Waals surface area contributed by atoms with Crippen molar-refractivity contribution in [3.63, 3.8) is 0 Å². The van der Waals surface area contributed by atoms with E-state index in [9.17, 15) is 8.42 Å². The van der Waals surface area contributed by atoms with E-state index < -0.39 is 9.84 Å². The average Bonchev–Trinajstić information content (AvgIpc) is 2.83. The molecule has 0 aliphatic carbocycles. The zero-order chi connectivity index (χ0) is 17.9. The topological polar surface area (TPSA) is 40.6 Å². The summed E-state index contributed by atoms with van der Waals surface area (Å²) in [5.41, 5.74) is 1.17. The molecule has 0 N–H and O–H groups in total. The molecule has 0 radical (unpaired) electrons. The third-order valence-electron chi connectivity index (χ3n) is 4.45. The molecular weight excluding hydrogens is 420 g/mol. The number of hydrogen-bond acceptors (Lipinski definition) is 5. The van der Waals surface area contributed by atoms with Crippen LogP contribution in [0.2, 0.25) is 0 Å². The minimum atomic E-state index is -3.12. The van der Waals surface area contributed by atoms with E-state index in [1.54, 1.807) is 12.1 Å². The Balaban J connectivity index is 1.54. The molecule has 0 spiro atoms. The molecule has 1 saturated heterocycles. The van der Waals surface area contributed by atoms with Crippen molar-refractivity contribution in [1.82, 2.24) is 9.80 Å². The van der Waals surface area contributed by atoms with E-state index in [0.717, 1.165) is 45.7 Å².